The van der Waals surface area contributed by atoms with Gasteiger partial charge < -0.3 is 10.5 Å². The molecule has 0 aliphatic carbocycles. The van der Waals surface area contributed by atoms with Gasteiger partial charge in [0.15, 0.2) is 0 Å². The number of carbonyl (C=O) groups is 1. The molecule has 0 heterocycles. The molecule has 2 rings (SSSR count). The van der Waals surface area contributed by atoms with Crippen LogP contribution in [-0.4, -0.2) is 5.97 Å². The molecular weight excluding hydrogens is 325 g/mol. The van der Waals surface area contributed by atoms with E-state index in [9.17, 15) is 9.18 Å². The zero-order chi connectivity index (χ0) is 14.7. The summed E-state index contributed by atoms with van der Waals surface area (Å²) in [6.07, 6.45) is 0. The van der Waals surface area contributed by atoms with Gasteiger partial charge in [0, 0.05) is 5.69 Å². The molecule has 2 aromatic rings. The summed E-state index contributed by atoms with van der Waals surface area (Å²) in [5.41, 5.74) is 8.29. The fourth-order valence-corrected chi connectivity index (χ4v) is 2.09. The number of benzene rings is 2. The molecule has 0 radical (unpaired) electrons. The van der Waals surface area contributed by atoms with Gasteiger partial charge in [0.1, 0.15) is 12.4 Å². The molecule has 20 heavy (non-hydrogen) atoms. The molecule has 0 unspecified atom stereocenters. The number of nitrogen functional groups attached to an aromatic ring is 1. The molecule has 0 fully saturated rings. The van der Waals surface area contributed by atoms with Crippen LogP contribution >= 0.6 is 15.9 Å². The standard InChI is InChI=1S/C15H13BrFNO2/c1-9-6-11(3-5-14(9)18)15(19)20-8-10-2-4-13(17)12(16)7-10/h2-7H,8,18H2,1H3. The number of anilines is 1. The van der Waals surface area contributed by atoms with E-state index in [0.717, 1.165) is 5.56 Å². The van der Waals surface area contributed by atoms with Gasteiger partial charge in [-0.1, -0.05) is 6.07 Å². The minimum absolute atomic E-state index is 0.0845. The van der Waals surface area contributed by atoms with Crippen LogP contribution in [0.4, 0.5) is 10.1 Å². The van der Waals surface area contributed by atoms with Crippen molar-refractivity contribution in [3.8, 4) is 0 Å². The van der Waals surface area contributed by atoms with Crippen LogP contribution < -0.4 is 5.73 Å². The molecule has 0 bridgehead atoms. The third-order valence-electron chi connectivity index (χ3n) is 2.86. The van der Waals surface area contributed by atoms with Gasteiger partial charge in [-0.15, -0.1) is 0 Å². The van der Waals surface area contributed by atoms with Crippen molar-refractivity contribution in [3.63, 3.8) is 0 Å². The third-order valence-corrected chi connectivity index (χ3v) is 3.47. The predicted molar refractivity (Wildman–Crippen MR) is 78.8 cm³/mol. The maximum absolute atomic E-state index is 13.1. The van der Waals surface area contributed by atoms with Gasteiger partial charge in [-0.3, -0.25) is 0 Å². The highest BCUT2D eigenvalue weighted by Gasteiger charge is 2.09. The van der Waals surface area contributed by atoms with Crippen LogP contribution in [0.15, 0.2) is 40.9 Å². The van der Waals surface area contributed by atoms with E-state index in [1.807, 2.05) is 6.92 Å². The molecule has 0 aliphatic heterocycles. The Morgan fingerprint density at radius 2 is 2.05 bits per heavy atom. The van der Waals surface area contributed by atoms with Crippen LogP contribution in [-0.2, 0) is 11.3 Å². The van der Waals surface area contributed by atoms with Crippen molar-refractivity contribution in [1.82, 2.24) is 0 Å². The number of carbonyl (C=O) groups excluding carboxylic acids is 1. The van der Waals surface area contributed by atoms with Crippen molar-refractivity contribution in [3.05, 3.63) is 63.4 Å². The Bertz CT molecular complexity index is 658. The molecule has 0 spiro atoms. The molecule has 2 N–H and O–H groups in total. The van der Waals surface area contributed by atoms with Crippen molar-refractivity contribution in [2.24, 2.45) is 0 Å². The summed E-state index contributed by atoms with van der Waals surface area (Å²) in [4.78, 5) is 11.9. The molecule has 0 amide bonds. The first-order chi connectivity index (χ1) is 9.47. The van der Waals surface area contributed by atoms with Gasteiger partial charge in [0.05, 0.1) is 10.0 Å². The summed E-state index contributed by atoms with van der Waals surface area (Å²) in [5, 5.41) is 0. The molecule has 5 heteroatoms. The predicted octanol–water partition coefficient (Wildman–Crippen LogP) is 3.84. The Morgan fingerprint density at radius 1 is 1.30 bits per heavy atom. The topological polar surface area (TPSA) is 52.3 Å². The maximum Gasteiger partial charge on any atom is 0.338 e. The first kappa shape index (κ1) is 14.5. The largest absolute Gasteiger partial charge is 0.457 e. The normalized spacial score (nSPS) is 10.3. The lowest BCUT2D eigenvalue weighted by Gasteiger charge is -2.07. The van der Waals surface area contributed by atoms with E-state index >= 15 is 0 Å². The highest BCUT2D eigenvalue weighted by Crippen LogP contribution is 2.18. The van der Waals surface area contributed by atoms with Crippen LogP contribution in [0.25, 0.3) is 0 Å². The average Bonchev–Trinajstić information content (AvgIpc) is 2.43. The van der Waals surface area contributed by atoms with Gasteiger partial charge in [0.2, 0.25) is 0 Å². The molecule has 0 saturated carbocycles. The van der Waals surface area contributed by atoms with E-state index in [1.54, 1.807) is 30.3 Å². The second kappa shape index (κ2) is 6.05. The zero-order valence-corrected chi connectivity index (χ0v) is 12.4. The molecule has 0 aromatic heterocycles. The van der Waals surface area contributed by atoms with Crippen LogP contribution in [0, 0.1) is 12.7 Å². The Hall–Kier alpha value is -1.88. The van der Waals surface area contributed by atoms with Gasteiger partial charge in [-0.2, -0.15) is 0 Å². The van der Waals surface area contributed by atoms with Crippen molar-refractivity contribution < 1.29 is 13.9 Å². The highest BCUT2D eigenvalue weighted by atomic mass is 79.9. The maximum atomic E-state index is 13.1. The number of nitrogens with two attached hydrogens (primary N) is 1. The molecule has 0 saturated heterocycles. The Balaban J connectivity index is 2.04. The summed E-state index contributed by atoms with van der Waals surface area (Å²) >= 11 is 3.09. The number of halogens is 2. The number of aryl methyl sites for hydroxylation is 1. The van der Waals surface area contributed by atoms with Crippen LogP contribution in [0.2, 0.25) is 0 Å². The quantitative estimate of drug-likeness (QED) is 0.683. The Kier molecular flexibility index (Phi) is 4.39. The fraction of sp³-hybridized carbons (Fsp3) is 0.133. The first-order valence-electron chi connectivity index (χ1n) is 5.94. The van der Waals surface area contributed by atoms with E-state index in [0.29, 0.717) is 21.3 Å². The zero-order valence-electron chi connectivity index (χ0n) is 10.8. The van der Waals surface area contributed by atoms with Crippen molar-refractivity contribution in [1.29, 1.82) is 0 Å². The minimum Gasteiger partial charge on any atom is -0.457 e. The lowest BCUT2D eigenvalue weighted by molar-refractivity contribution is 0.0472. The number of ether oxygens (including phenoxy) is 1. The van der Waals surface area contributed by atoms with Gasteiger partial charge in [-0.05, 0) is 64.3 Å². The minimum atomic E-state index is -0.437. The van der Waals surface area contributed by atoms with Crippen LogP contribution in [0.1, 0.15) is 21.5 Å². The van der Waals surface area contributed by atoms with Gasteiger partial charge >= 0.3 is 5.97 Å². The van der Waals surface area contributed by atoms with Crippen molar-refractivity contribution >= 4 is 27.6 Å². The summed E-state index contributed by atoms with van der Waals surface area (Å²) in [5.74, 6) is -0.789. The number of hydrogen-bond donors (Lipinski definition) is 1. The second-order valence-electron chi connectivity index (χ2n) is 4.40. The van der Waals surface area contributed by atoms with Crippen LogP contribution in [0.5, 0.6) is 0 Å². The average molecular weight is 338 g/mol. The number of hydrogen-bond acceptors (Lipinski definition) is 3. The van der Waals surface area contributed by atoms with Gasteiger partial charge in [-0.25, -0.2) is 9.18 Å². The molecule has 3 nitrogen and oxygen atoms in total. The summed E-state index contributed by atoms with van der Waals surface area (Å²) in [6, 6.07) is 9.43. The molecule has 104 valence electrons. The second-order valence-corrected chi connectivity index (χ2v) is 5.25. The lowest BCUT2D eigenvalue weighted by Crippen LogP contribution is -2.06. The van der Waals surface area contributed by atoms with E-state index in [-0.39, 0.29) is 12.4 Å². The van der Waals surface area contributed by atoms with Gasteiger partial charge in [0.25, 0.3) is 0 Å². The van der Waals surface area contributed by atoms with E-state index in [1.165, 1.54) is 6.07 Å². The SMILES string of the molecule is Cc1cc(C(=O)OCc2ccc(F)c(Br)c2)ccc1N. The summed E-state index contributed by atoms with van der Waals surface area (Å²) < 4.78 is 18.6. The van der Waals surface area contributed by atoms with E-state index in [2.05, 4.69) is 15.9 Å². The summed E-state index contributed by atoms with van der Waals surface area (Å²) in [7, 11) is 0. The Morgan fingerprint density at radius 3 is 2.70 bits per heavy atom. The fourth-order valence-electron chi connectivity index (χ4n) is 1.66. The molecule has 0 atom stereocenters. The smallest absolute Gasteiger partial charge is 0.338 e. The van der Waals surface area contributed by atoms with Crippen molar-refractivity contribution in [2.45, 2.75) is 13.5 Å². The number of esters is 1. The molecule has 0 aliphatic rings. The van der Waals surface area contributed by atoms with E-state index < -0.39 is 5.97 Å². The first-order valence-corrected chi connectivity index (χ1v) is 6.74. The molecule has 2 aromatic carbocycles. The summed E-state index contributed by atoms with van der Waals surface area (Å²) in [6.45, 7) is 1.91. The highest BCUT2D eigenvalue weighted by molar-refractivity contribution is 9.10. The third kappa shape index (κ3) is 3.36. The lowest BCUT2D eigenvalue weighted by atomic mass is 10.1. The Labute approximate surface area is 124 Å². The van der Waals surface area contributed by atoms with Crippen molar-refractivity contribution in [2.75, 3.05) is 5.73 Å². The molecular formula is C15H13BrFNO2. The number of rotatable bonds is 3. The van der Waals surface area contributed by atoms with Crippen LogP contribution in [0.3, 0.4) is 0 Å². The van der Waals surface area contributed by atoms with E-state index in [4.69, 9.17) is 10.5 Å². The monoisotopic (exact) mass is 337 g/mol.